The van der Waals surface area contributed by atoms with Crippen LogP contribution in [0.15, 0.2) is 16.8 Å². The fraction of sp³-hybridized carbons (Fsp3) is 0.333. The molecule has 4 heteroatoms. The molecule has 0 saturated carbocycles. The molecule has 0 radical (unpaired) electrons. The van der Waals surface area contributed by atoms with Crippen molar-refractivity contribution in [3.63, 3.8) is 0 Å². The lowest BCUT2D eigenvalue weighted by Crippen LogP contribution is -1.90. The zero-order chi connectivity index (χ0) is 10.7. The molecule has 0 spiro atoms. The minimum atomic E-state index is -0.855. The molecule has 0 amide bonds. The highest BCUT2D eigenvalue weighted by atomic mass is 32.1. The Bertz CT molecular complexity index is 249. The maximum atomic E-state index is 10.1. The second kappa shape index (κ2) is 10.7. The van der Waals surface area contributed by atoms with Gasteiger partial charge in [-0.3, -0.25) is 0 Å². The minimum Gasteiger partial charge on any atom is -0.478 e. The van der Waals surface area contributed by atoms with Crippen LogP contribution >= 0.6 is 11.3 Å². The summed E-state index contributed by atoms with van der Waals surface area (Å²) in [5.41, 5.74) is 0.370. The summed E-state index contributed by atoms with van der Waals surface area (Å²) in [6.07, 6.45) is 0. The number of nitriles is 1. The average Bonchev–Trinajstić information content (AvgIpc) is 2.61. The molecule has 0 aliphatic heterocycles. The van der Waals surface area contributed by atoms with Crippen LogP contribution in [-0.4, -0.2) is 11.1 Å². The van der Waals surface area contributed by atoms with Crippen LogP contribution in [0.4, 0.5) is 0 Å². The molecule has 0 aliphatic rings. The third kappa shape index (κ3) is 8.57. The number of aromatic carboxylic acids is 1. The Morgan fingerprint density at radius 2 is 2.08 bits per heavy atom. The van der Waals surface area contributed by atoms with Crippen LogP contribution in [-0.2, 0) is 0 Å². The normalized spacial score (nSPS) is 6.62. The maximum absolute atomic E-state index is 10.1. The first-order valence-corrected chi connectivity index (χ1v) is 4.73. The van der Waals surface area contributed by atoms with E-state index in [0.717, 1.165) is 0 Å². The lowest BCUT2D eigenvalue weighted by Gasteiger charge is -1.78. The molecule has 3 nitrogen and oxygen atoms in total. The number of carboxylic acids is 1. The van der Waals surface area contributed by atoms with Gasteiger partial charge in [-0.2, -0.15) is 16.6 Å². The monoisotopic (exact) mass is 199 g/mol. The molecule has 1 aromatic heterocycles. The average molecular weight is 199 g/mol. The molecule has 72 valence electrons. The SMILES string of the molecule is CC.CC#N.O=C(O)c1ccsc1. The topological polar surface area (TPSA) is 61.1 Å². The van der Waals surface area contributed by atoms with Crippen molar-refractivity contribution >= 4 is 17.3 Å². The summed E-state index contributed by atoms with van der Waals surface area (Å²) >= 11 is 1.39. The molecule has 0 atom stereocenters. The second-order valence-corrected chi connectivity index (χ2v) is 2.32. The summed E-state index contributed by atoms with van der Waals surface area (Å²) in [6, 6.07) is 3.33. The zero-order valence-corrected chi connectivity index (χ0v) is 8.76. The lowest BCUT2D eigenvalue weighted by molar-refractivity contribution is 0.0697. The number of hydrogen-bond donors (Lipinski definition) is 1. The van der Waals surface area contributed by atoms with Gasteiger partial charge in [0.2, 0.25) is 0 Å². The van der Waals surface area contributed by atoms with Crippen molar-refractivity contribution < 1.29 is 9.90 Å². The number of hydrogen-bond acceptors (Lipinski definition) is 3. The van der Waals surface area contributed by atoms with E-state index in [2.05, 4.69) is 0 Å². The lowest BCUT2D eigenvalue weighted by atomic mass is 10.4. The Kier molecular flexibility index (Phi) is 11.6. The van der Waals surface area contributed by atoms with Gasteiger partial charge in [0.1, 0.15) is 0 Å². The summed E-state index contributed by atoms with van der Waals surface area (Å²) in [5.74, 6) is -0.855. The Hall–Kier alpha value is -1.34. The van der Waals surface area contributed by atoms with Gasteiger partial charge < -0.3 is 5.11 Å². The van der Waals surface area contributed by atoms with Crippen molar-refractivity contribution in [2.75, 3.05) is 0 Å². The van der Waals surface area contributed by atoms with Crippen LogP contribution < -0.4 is 0 Å². The highest BCUT2D eigenvalue weighted by molar-refractivity contribution is 7.08. The van der Waals surface area contributed by atoms with Gasteiger partial charge in [0.05, 0.1) is 11.6 Å². The molecule has 1 N–H and O–H groups in total. The molecule has 0 unspecified atom stereocenters. The predicted molar refractivity (Wildman–Crippen MR) is 53.9 cm³/mol. The first kappa shape index (κ1) is 14.2. The molecule has 1 heterocycles. The highest BCUT2D eigenvalue weighted by Gasteiger charge is 1.98. The fourth-order valence-electron chi connectivity index (χ4n) is 0.386. The van der Waals surface area contributed by atoms with Crippen LogP contribution in [0.1, 0.15) is 31.1 Å². The van der Waals surface area contributed by atoms with Crippen LogP contribution in [0.5, 0.6) is 0 Å². The van der Waals surface area contributed by atoms with Gasteiger partial charge in [0, 0.05) is 12.3 Å². The van der Waals surface area contributed by atoms with Gasteiger partial charge in [-0.1, -0.05) is 13.8 Å². The van der Waals surface area contributed by atoms with Gasteiger partial charge in [-0.25, -0.2) is 4.79 Å². The Morgan fingerprint density at radius 1 is 1.62 bits per heavy atom. The third-order valence-corrected chi connectivity index (χ3v) is 1.45. The van der Waals surface area contributed by atoms with Gasteiger partial charge >= 0.3 is 5.97 Å². The van der Waals surface area contributed by atoms with Crippen molar-refractivity contribution in [2.24, 2.45) is 0 Å². The van der Waals surface area contributed by atoms with Crippen LogP contribution in [0.2, 0.25) is 0 Å². The van der Waals surface area contributed by atoms with E-state index in [4.69, 9.17) is 10.4 Å². The summed E-state index contributed by atoms with van der Waals surface area (Å²) in [7, 11) is 0. The van der Waals surface area contributed by atoms with Crippen LogP contribution in [0.3, 0.4) is 0 Å². The van der Waals surface area contributed by atoms with E-state index in [1.54, 1.807) is 22.9 Å². The summed E-state index contributed by atoms with van der Waals surface area (Å²) in [5, 5.41) is 18.9. The standard InChI is InChI=1S/C5H4O2S.C2H3N.C2H6/c6-5(7)4-1-2-8-3-4;1-2-3;1-2/h1-3H,(H,6,7);1H3;1-2H3. The van der Waals surface area contributed by atoms with E-state index >= 15 is 0 Å². The van der Waals surface area contributed by atoms with E-state index in [0.29, 0.717) is 5.56 Å². The molecule has 0 saturated heterocycles. The van der Waals surface area contributed by atoms with E-state index in [-0.39, 0.29) is 0 Å². The smallest absolute Gasteiger partial charge is 0.336 e. The number of nitrogens with zero attached hydrogens (tertiary/aromatic N) is 1. The van der Waals surface area contributed by atoms with Crippen molar-refractivity contribution in [1.82, 2.24) is 0 Å². The molecular formula is C9H13NO2S. The van der Waals surface area contributed by atoms with E-state index in [1.165, 1.54) is 18.3 Å². The molecule has 1 rings (SSSR count). The quantitative estimate of drug-likeness (QED) is 0.756. The van der Waals surface area contributed by atoms with Gasteiger partial charge in [-0.05, 0) is 11.4 Å². The summed E-state index contributed by atoms with van der Waals surface area (Å²) in [4.78, 5) is 10.1. The van der Waals surface area contributed by atoms with Crippen molar-refractivity contribution in [3.8, 4) is 6.07 Å². The van der Waals surface area contributed by atoms with Crippen LogP contribution in [0.25, 0.3) is 0 Å². The molecule has 0 bridgehead atoms. The fourth-order valence-corrected chi connectivity index (χ4v) is 1.02. The first-order chi connectivity index (χ1) is 6.22. The molecule has 0 aliphatic carbocycles. The Labute approximate surface area is 82.3 Å². The van der Waals surface area contributed by atoms with Crippen LogP contribution in [0, 0.1) is 11.3 Å². The molecule has 1 aromatic rings. The minimum absolute atomic E-state index is 0.370. The third-order valence-electron chi connectivity index (χ3n) is 0.768. The van der Waals surface area contributed by atoms with Gasteiger partial charge in [0.15, 0.2) is 0 Å². The molecular weight excluding hydrogens is 186 g/mol. The van der Waals surface area contributed by atoms with Crippen molar-refractivity contribution in [3.05, 3.63) is 22.4 Å². The van der Waals surface area contributed by atoms with E-state index < -0.39 is 5.97 Å². The Balaban J connectivity index is 0. The summed E-state index contributed by atoms with van der Waals surface area (Å²) in [6.45, 7) is 5.43. The van der Waals surface area contributed by atoms with Gasteiger partial charge in [-0.15, -0.1) is 0 Å². The first-order valence-electron chi connectivity index (χ1n) is 3.78. The molecule has 13 heavy (non-hydrogen) atoms. The molecule has 0 fully saturated rings. The summed E-state index contributed by atoms with van der Waals surface area (Å²) < 4.78 is 0. The largest absolute Gasteiger partial charge is 0.478 e. The zero-order valence-electron chi connectivity index (χ0n) is 7.94. The number of rotatable bonds is 1. The molecule has 0 aromatic carbocycles. The predicted octanol–water partition coefficient (Wildman–Crippen LogP) is 3.00. The van der Waals surface area contributed by atoms with Crippen molar-refractivity contribution in [1.29, 1.82) is 5.26 Å². The van der Waals surface area contributed by atoms with Crippen molar-refractivity contribution in [2.45, 2.75) is 20.8 Å². The van der Waals surface area contributed by atoms with E-state index in [1.807, 2.05) is 13.8 Å². The highest BCUT2D eigenvalue weighted by Crippen LogP contribution is 2.04. The number of thiophene rings is 1. The maximum Gasteiger partial charge on any atom is 0.336 e. The van der Waals surface area contributed by atoms with E-state index in [9.17, 15) is 4.79 Å². The second-order valence-electron chi connectivity index (χ2n) is 1.54. The Morgan fingerprint density at radius 3 is 2.23 bits per heavy atom. The van der Waals surface area contributed by atoms with Gasteiger partial charge in [0.25, 0.3) is 0 Å². The number of carbonyl (C=O) groups is 1. The number of carboxylic acid groups (broad SMARTS) is 1.